The minimum absolute atomic E-state index is 0.0719. The molecule has 1 aromatic heterocycles. The van der Waals surface area contributed by atoms with Crippen LogP contribution in [0.2, 0.25) is 0 Å². The third kappa shape index (κ3) is 2.37. The predicted molar refractivity (Wildman–Crippen MR) is 73.5 cm³/mol. The summed E-state index contributed by atoms with van der Waals surface area (Å²) in [5.41, 5.74) is 0.497. The molecule has 0 atom stereocenters. The third-order valence-electron chi connectivity index (χ3n) is 2.32. The Morgan fingerprint density at radius 3 is 2.61 bits per heavy atom. The number of ketones is 1. The van der Waals surface area contributed by atoms with E-state index in [0.29, 0.717) is 9.13 Å². The van der Waals surface area contributed by atoms with Gasteiger partial charge in [0.2, 0.25) is 5.78 Å². The molecule has 0 aliphatic heterocycles. The maximum absolute atomic E-state index is 12.2. The number of nitrogens with zero attached hydrogens (tertiary/aromatic N) is 2. The molecule has 1 aromatic carbocycles. The van der Waals surface area contributed by atoms with E-state index < -0.39 is 4.92 Å². The molecule has 0 saturated heterocycles. The zero-order valence-electron chi connectivity index (χ0n) is 9.04. The molecule has 2 aromatic rings. The SMILES string of the molecule is O=C(c1ccccn1)c1cccc([N+](=O)[O-])c1I. The maximum Gasteiger partial charge on any atom is 0.283 e. The van der Waals surface area contributed by atoms with Gasteiger partial charge in [-0.25, -0.2) is 0 Å². The number of benzene rings is 1. The largest absolute Gasteiger partial charge is 0.287 e. The lowest BCUT2D eigenvalue weighted by Gasteiger charge is -2.03. The van der Waals surface area contributed by atoms with Crippen LogP contribution in [-0.4, -0.2) is 15.7 Å². The fourth-order valence-corrected chi connectivity index (χ4v) is 2.27. The summed E-state index contributed by atoms with van der Waals surface area (Å²) < 4.78 is 0.329. The number of aromatic nitrogens is 1. The number of rotatable bonds is 3. The second-order valence-electron chi connectivity index (χ2n) is 3.44. The molecule has 0 aliphatic rings. The molecule has 0 N–H and O–H groups in total. The van der Waals surface area contributed by atoms with Gasteiger partial charge < -0.3 is 0 Å². The van der Waals surface area contributed by atoms with Crippen LogP contribution < -0.4 is 0 Å². The van der Waals surface area contributed by atoms with Gasteiger partial charge in [0.05, 0.1) is 4.92 Å². The average molecular weight is 354 g/mol. The van der Waals surface area contributed by atoms with Crippen LogP contribution in [0.3, 0.4) is 0 Å². The molecule has 0 unspecified atom stereocenters. The van der Waals surface area contributed by atoms with Gasteiger partial charge in [-0.15, -0.1) is 0 Å². The summed E-state index contributed by atoms with van der Waals surface area (Å²) in [4.78, 5) is 26.4. The number of nitro benzene ring substituents is 1. The van der Waals surface area contributed by atoms with Crippen molar-refractivity contribution >= 4 is 34.1 Å². The van der Waals surface area contributed by atoms with Gasteiger partial charge in [-0.2, -0.15) is 0 Å². The van der Waals surface area contributed by atoms with Gasteiger partial charge in [-0.1, -0.05) is 12.1 Å². The summed E-state index contributed by atoms with van der Waals surface area (Å²) in [6, 6.07) is 9.41. The standard InChI is InChI=1S/C12H7IN2O3/c13-11-8(4-3-6-10(11)15(17)18)12(16)9-5-1-2-7-14-9/h1-7H. The van der Waals surface area contributed by atoms with Crippen LogP contribution in [0, 0.1) is 13.7 Å². The van der Waals surface area contributed by atoms with Gasteiger partial charge in [0.25, 0.3) is 5.69 Å². The van der Waals surface area contributed by atoms with Crippen LogP contribution in [0.1, 0.15) is 16.1 Å². The number of halogens is 1. The van der Waals surface area contributed by atoms with Crippen molar-refractivity contribution in [3.8, 4) is 0 Å². The van der Waals surface area contributed by atoms with E-state index in [0.717, 1.165) is 0 Å². The quantitative estimate of drug-likeness (QED) is 0.368. The molecule has 5 nitrogen and oxygen atoms in total. The molecular weight excluding hydrogens is 347 g/mol. The number of nitro groups is 1. The fourth-order valence-electron chi connectivity index (χ4n) is 1.47. The molecule has 0 bridgehead atoms. The van der Waals surface area contributed by atoms with Crippen LogP contribution in [0.25, 0.3) is 0 Å². The molecule has 6 heteroatoms. The number of hydrogen-bond acceptors (Lipinski definition) is 4. The minimum atomic E-state index is -0.503. The van der Waals surface area contributed by atoms with Crippen molar-refractivity contribution in [3.05, 3.63) is 67.5 Å². The Kier molecular flexibility index (Phi) is 3.66. The lowest BCUT2D eigenvalue weighted by atomic mass is 10.1. The maximum atomic E-state index is 12.2. The molecule has 0 radical (unpaired) electrons. The van der Waals surface area contributed by atoms with Crippen LogP contribution in [-0.2, 0) is 0 Å². The van der Waals surface area contributed by atoms with Crippen LogP contribution >= 0.6 is 22.6 Å². The first-order valence-electron chi connectivity index (χ1n) is 5.00. The number of carbonyl (C=O) groups excluding carboxylic acids is 1. The van der Waals surface area contributed by atoms with E-state index in [1.807, 2.05) is 22.6 Å². The van der Waals surface area contributed by atoms with E-state index in [-0.39, 0.29) is 17.2 Å². The molecular formula is C12H7IN2O3. The highest BCUT2D eigenvalue weighted by Crippen LogP contribution is 2.25. The van der Waals surface area contributed by atoms with Crippen molar-refractivity contribution in [2.45, 2.75) is 0 Å². The molecule has 0 amide bonds. The summed E-state index contributed by atoms with van der Waals surface area (Å²) in [5, 5.41) is 10.8. The summed E-state index contributed by atoms with van der Waals surface area (Å²) in [6.07, 6.45) is 1.51. The smallest absolute Gasteiger partial charge is 0.283 e. The van der Waals surface area contributed by atoms with Gasteiger partial charge in [-0.05, 0) is 40.8 Å². The van der Waals surface area contributed by atoms with Crippen LogP contribution in [0.5, 0.6) is 0 Å². The first kappa shape index (κ1) is 12.6. The predicted octanol–water partition coefficient (Wildman–Crippen LogP) is 2.83. The van der Waals surface area contributed by atoms with Crippen molar-refractivity contribution in [2.24, 2.45) is 0 Å². The van der Waals surface area contributed by atoms with E-state index >= 15 is 0 Å². The van der Waals surface area contributed by atoms with Gasteiger partial charge in [-0.3, -0.25) is 19.9 Å². The summed E-state index contributed by atoms with van der Waals surface area (Å²) >= 11 is 1.81. The van der Waals surface area contributed by atoms with E-state index in [2.05, 4.69) is 4.98 Å². The monoisotopic (exact) mass is 354 g/mol. The second-order valence-corrected chi connectivity index (χ2v) is 4.52. The molecule has 0 aliphatic carbocycles. The van der Waals surface area contributed by atoms with Gasteiger partial charge in [0.1, 0.15) is 9.26 Å². The molecule has 0 fully saturated rings. The minimum Gasteiger partial charge on any atom is -0.287 e. The van der Waals surface area contributed by atoms with Crippen LogP contribution in [0.15, 0.2) is 42.6 Å². The Morgan fingerprint density at radius 1 is 1.22 bits per heavy atom. The van der Waals surface area contributed by atoms with Gasteiger partial charge in [0.15, 0.2) is 0 Å². The first-order valence-corrected chi connectivity index (χ1v) is 6.08. The number of carbonyl (C=O) groups is 1. The molecule has 1 heterocycles. The number of pyridine rings is 1. The van der Waals surface area contributed by atoms with Gasteiger partial charge in [0, 0.05) is 17.8 Å². The Morgan fingerprint density at radius 2 is 2.00 bits per heavy atom. The Bertz CT molecular complexity index is 614. The summed E-state index contributed by atoms with van der Waals surface area (Å²) in [5.74, 6) is -0.316. The average Bonchev–Trinajstić information content (AvgIpc) is 2.39. The Balaban J connectivity index is 2.50. The highest BCUT2D eigenvalue weighted by atomic mass is 127. The number of hydrogen-bond donors (Lipinski definition) is 0. The van der Waals surface area contributed by atoms with Crippen molar-refractivity contribution in [3.63, 3.8) is 0 Å². The highest BCUT2D eigenvalue weighted by Gasteiger charge is 2.20. The van der Waals surface area contributed by atoms with Gasteiger partial charge >= 0.3 is 0 Å². The Hall–Kier alpha value is -1.83. The molecule has 0 saturated carbocycles. The Labute approximate surface area is 116 Å². The molecule has 0 spiro atoms. The zero-order chi connectivity index (χ0) is 13.1. The summed E-state index contributed by atoms with van der Waals surface area (Å²) in [6.45, 7) is 0. The van der Waals surface area contributed by atoms with E-state index in [1.54, 1.807) is 24.3 Å². The fraction of sp³-hybridized carbons (Fsp3) is 0. The summed E-state index contributed by atoms with van der Waals surface area (Å²) in [7, 11) is 0. The second kappa shape index (κ2) is 5.21. The van der Waals surface area contributed by atoms with Crippen molar-refractivity contribution in [1.82, 2.24) is 4.98 Å². The van der Waals surface area contributed by atoms with Crippen LogP contribution in [0.4, 0.5) is 5.69 Å². The molecule has 18 heavy (non-hydrogen) atoms. The normalized spacial score (nSPS) is 10.1. The van der Waals surface area contributed by atoms with Crippen molar-refractivity contribution in [1.29, 1.82) is 0 Å². The van der Waals surface area contributed by atoms with E-state index in [4.69, 9.17) is 0 Å². The van der Waals surface area contributed by atoms with E-state index in [1.165, 1.54) is 18.3 Å². The first-order chi connectivity index (χ1) is 8.61. The lowest BCUT2D eigenvalue weighted by molar-refractivity contribution is -0.385. The van der Waals surface area contributed by atoms with Crippen molar-refractivity contribution in [2.75, 3.05) is 0 Å². The zero-order valence-corrected chi connectivity index (χ0v) is 11.2. The van der Waals surface area contributed by atoms with E-state index in [9.17, 15) is 14.9 Å². The topological polar surface area (TPSA) is 73.1 Å². The highest BCUT2D eigenvalue weighted by molar-refractivity contribution is 14.1. The lowest BCUT2D eigenvalue weighted by Crippen LogP contribution is -2.07. The molecule has 90 valence electrons. The van der Waals surface area contributed by atoms with Crippen molar-refractivity contribution < 1.29 is 9.72 Å². The third-order valence-corrected chi connectivity index (χ3v) is 3.45. The molecule has 2 rings (SSSR count).